The van der Waals surface area contributed by atoms with E-state index in [1.807, 2.05) is 19.1 Å². The summed E-state index contributed by atoms with van der Waals surface area (Å²) in [5.41, 5.74) is 1.15. The first-order valence-corrected chi connectivity index (χ1v) is 5.84. The van der Waals surface area contributed by atoms with Crippen LogP contribution in [-0.2, 0) is 0 Å². The second-order valence-corrected chi connectivity index (χ2v) is 4.04. The summed E-state index contributed by atoms with van der Waals surface area (Å²) in [6.07, 6.45) is 1.15. The minimum atomic E-state index is 0. The Balaban J connectivity index is 0.00000256. The molecule has 0 atom stereocenters. The van der Waals surface area contributed by atoms with Crippen LogP contribution >= 0.6 is 12.4 Å². The van der Waals surface area contributed by atoms with E-state index in [0.717, 1.165) is 37.6 Å². The normalized spacial score (nSPS) is 9.88. The van der Waals surface area contributed by atoms with E-state index in [2.05, 4.69) is 36.4 Å². The number of nitrogens with zero attached hydrogens (tertiary/aromatic N) is 1. The van der Waals surface area contributed by atoms with Gasteiger partial charge in [-0.05, 0) is 58.3 Å². The van der Waals surface area contributed by atoms with E-state index in [0.29, 0.717) is 0 Å². The van der Waals surface area contributed by atoms with Gasteiger partial charge in [0.2, 0.25) is 0 Å². The van der Waals surface area contributed by atoms with E-state index in [1.165, 1.54) is 0 Å². The lowest BCUT2D eigenvalue weighted by atomic mass is 10.3. The number of anilines is 1. The van der Waals surface area contributed by atoms with E-state index in [1.54, 1.807) is 0 Å². The highest BCUT2D eigenvalue weighted by Gasteiger charge is 1.94. The molecule has 0 radical (unpaired) electrons. The van der Waals surface area contributed by atoms with Crippen molar-refractivity contribution in [2.75, 3.05) is 39.1 Å². The van der Waals surface area contributed by atoms with Gasteiger partial charge in [-0.25, -0.2) is 0 Å². The van der Waals surface area contributed by atoms with E-state index in [-0.39, 0.29) is 12.4 Å². The molecule has 0 fully saturated rings. The fourth-order valence-corrected chi connectivity index (χ4v) is 1.46. The Morgan fingerprint density at radius 2 is 1.82 bits per heavy atom. The smallest absolute Gasteiger partial charge is 0.119 e. The fraction of sp³-hybridized carbons (Fsp3) is 0.538. The van der Waals surface area contributed by atoms with E-state index in [9.17, 15) is 0 Å². The summed E-state index contributed by atoms with van der Waals surface area (Å²) in [5, 5.41) is 3.39. The lowest BCUT2D eigenvalue weighted by Gasteiger charge is -2.11. The molecule has 0 saturated carbocycles. The molecule has 0 aliphatic heterocycles. The van der Waals surface area contributed by atoms with Crippen molar-refractivity contribution in [3.8, 4) is 5.75 Å². The van der Waals surface area contributed by atoms with Crippen molar-refractivity contribution in [2.24, 2.45) is 0 Å². The molecule has 0 saturated heterocycles. The fourth-order valence-electron chi connectivity index (χ4n) is 1.46. The van der Waals surface area contributed by atoms with Gasteiger partial charge in [0.15, 0.2) is 0 Å². The van der Waals surface area contributed by atoms with Crippen LogP contribution in [0.15, 0.2) is 24.3 Å². The summed E-state index contributed by atoms with van der Waals surface area (Å²) < 4.78 is 5.38. The number of halogens is 1. The summed E-state index contributed by atoms with van der Waals surface area (Å²) >= 11 is 0. The second-order valence-electron chi connectivity index (χ2n) is 4.04. The van der Waals surface area contributed by atoms with Crippen LogP contribution in [0.1, 0.15) is 13.3 Å². The van der Waals surface area contributed by atoms with Crippen molar-refractivity contribution in [3.63, 3.8) is 0 Å². The van der Waals surface area contributed by atoms with Crippen molar-refractivity contribution in [3.05, 3.63) is 24.3 Å². The van der Waals surface area contributed by atoms with Gasteiger partial charge in [0.1, 0.15) is 5.75 Å². The van der Waals surface area contributed by atoms with Crippen LogP contribution in [0.3, 0.4) is 0 Å². The van der Waals surface area contributed by atoms with Crippen molar-refractivity contribution >= 4 is 18.1 Å². The van der Waals surface area contributed by atoms with Crippen molar-refractivity contribution in [1.29, 1.82) is 0 Å². The molecule has 4 heteroatoms. The van der Waals surface area contributed by atoms with Gasteiger partial charge in [0.25, 0.3) is 0 Å². The van der Waals surface area contributed by atoms with Gasteiger partial charge in [-0.15, -0.1) is 12.4 Å². The van der Waals surface area contributed by atoms with Gasteiger partial charge in [-0.1, -0.05) is 0 Å². The number of benzene rings is 1. The summed E-state index contributed by atoms with van der Waals surface area (Å²) in [7, 11) is 4.19. The van der Waals surface area contributed by atoms with Crippen LogP contribution < -0.4 is 10.1 Å². The molecular formula is C13H23ClN2O. The zero-order valence-electron chi connectivity index (χ0n) is 10.9. The maximum absolute atomic E-state index is 5.38. The predicted octanol–water partition coefficient (Wildman–Crippen LogP) is 2.87. The molecule has 3 nitrogen and oxygen atoms in total. The molecule has 17 heavy (non-hydrogen) atoms. The van der Waals surface area contributed by atoms with Crippen LogP contribution in [0.4, 0.5) is 5.69 Å². The Hall–Kier alpha value is -0.930. The van der Waals surface area contributed by atoms with E-state index in [4.69, 9.17) is 4.74 Å². The highest BCUT2D eigenvalue weighted by molar-refractivity contribution is 5.85. The molecule has 0 bridgehead atoms. The van der Waals surface area contributed by atoms with E-state index >= 15 is 0 Å². The Bertz CT molecular complexity index is 288. The quantitative estimate of drug-likeness (QED) is 0.762. The van der Waals surface area contributed by atoms with Crippen molar-refractivity contribution in [2.45, 2.75) is 13.3 Å². The van der Waals surface area contributed by atoms with E-state index < -0.39 is 0 Å². The average molecular weight is 259 g/mol. The monoisotopic (exact) mass is 258 g/mol. The number of hydrogen-bond acceptors (Lipinski definition) is 3. The number of ether oxygens (including phenoxy) is 1. The van der Waals surface area contributed by atoms with Crippen LogP contribution in [0.2, 0.25) is 0 Å². The zero-order valence-corrected chi connectivity index (χ0v) is 11.7. The Labute approximate surface area is 111 Å². The van der Waals surface area contributed by atoms with Gasteiger partial charge in [0.05, 0.1) is 6.61 Å². The lowest BCUT2D eigenvalue weighted by molar-refractivity contribution is 0.340. The van der Waals surface area contributed by atoms with Gasteiger partial charge in [0, 0.05) is 12.2 Å². The molecule has 0 aromatic heterocycles. The number of rotatable bonds is 7. The largest absolute Gasteiger partial charge is 0.494 e. The molecule has 0 unspecified atom stereocenters. The first-order valence-electron chi connectivity index (χ1n) is 5.84. The van der Waals surface area contributed by atoms with Gasteiger partial charge >= 0.3 is 0 Å². The zero-order chi connectivity index (χ0) is 11.8. The Morgan fingerprint density at radius 1 is 1.18 bits per heavy atom. The third-order valence-electron chi connectivity index (χ3n) is 2.28. The van der Waals surface area contributed by atoms with Crippen molar-refractivity contribution in [1.82, 2.24) is 4.90 Å². The molecule has 0 amide bonds. The summed E-state index contributed by atoms with van der Waals surface area (Å²) in [6.45, 7) is 4.83. The molecule has 0 heterocycles. The van der Waals surface area contributed by atoms with Gasteiger partial charge in [-0.2, -0.15) is 0 Å². The highest BCUT2D eigenvalue weighted by atomic mass is 35.5. The number of hydrogen-bond donors (Lipinski definition) is 1. The van der Waals surface area contributed by atoms with Crippen LogP contribution in [0.5, 0.6) is 5.75 Å². The molecule has 1 rings (SSSR count). The average Bonchev–Trinajstić information content (AvgIpc) is 2.27. The first-order chi connectivity index (χ1) is 7.72. The SMILES string of the molecule is CCOc1ccc(NCCCN(C)C)cc1.Cl. The highest BCUT2D eigenvalue weighted by Crippen LogP contribution is 2.15. The molecule has 0 aliphatic carbocycles. The summed E-state index contributed by atoms with van der Waals surface area (Å²) in [5.74, 6) is 0.932. The van der Waals surface area contributed by atoms with Crippen LogP contribution in [0.25, 0.3) is 0 Å². The minimum absolute atomic E-state index is 0. The first kappa shape index (κ1) is 16.1. The molecule has 0 aliphatic rings. The lowest BCUT2D eigenvalue weighted by Crippen LogP contribution is -2.16. The van der Waals surface area contributed by atoms with Crippen molar-refractivity contribution < 1.29 is 4.74 Å². The van der Waals surface area contributed by atoms with Crippen LogP contribution in [0, 0.1) is 0 Å². The molecule has 98 valence electrons. The van der Waals surface area contributed by atoms with Gasteiger partial charge < -0.3 is 15.0 Å². The third kappa shape index (κ3) is 7.08. The number of nitrogens with one attached hydrogen (secondary N) is 1. The third-order valence-corrected chi connectivity index (χ3v) is 2.28. The maximum Gasteiger partial charge on any atom is 0.119 e. The topological polar surface area (TPSA) is 24.5 Å². The molecular weight excluding hydrogens is 236 g/mol. The minimum Gasteiger partial charge on any atom is -0.494 e. The predicted molar refractivity (Wildman–Crippen MR) is 76.5 cm³/mol. The Morgan fingerprint density at radius 3 is 2.35 bits per heavy atom. The molecule has 0 spiro atoms. The standard InChI is InChI=1S/C13H22N2O.ClH/c1-4-16-13-8-6-12(7-9-13)14-10-5-11-15(2)3;/h6-9,14H,4-5,10-11H2,1-3H3;1H. The molecule has 1 N–H and O–H groups in total. The summed E-state index contributed by atoms with van der Waals surface area (Å²) in [4.78, 5) is 2.19. The maximum atomic E-state index is 5.38. The van der Waals surface area contributed by atoms with Gasteiger partial charge in [-0.3, -0.25) is 0 Å². The Kier molecular flexibility index (Phi) is 8.64. The summed E-state index contributed by atoms with van der Waals surface area (Å²) in [6, 6.07) is 8.11. The second kappa shape index (κ2) is 9.14. The molecule has 1 aromatic rings. The van der Waals surface area contributed by atoms with Crippen LogP contribution in [-0.4, -0.2) is 38.7 Å². The molecule has 1 aromatic carbocycles.